The minimum absolute atomic E-state index is 0.0554. The summed E-state index contributed by atoms with van der Waals surface area (Å²) in [5.74, 6) is 2.10. The average Bonchev–Trinajstić information content (AvgIpc) is 2.93. The molecule has 3 fully saturated rings. The van der Waals surface area contributed by atoms with Crippen molar-refractivity contribution in [3.8, 4) is 5.75 Å². The van der Waals surface area contributed by atoms with E-state index in [0.29, 0.717) is 24.5 Å². The summed E-state index contributed by atoms with van der Waals surface area (Å²) in [6.45, 7) is 6.88. The monoisotopic (exact) mass is 464 g/mol. The van der Waals surface area contributed by atoms with Crippen molar-refractivity contribution in [2.75, 3.05) is 20.2 Å². The highest BCUT2D eigenvalue weighted by Gasteiger charge is 2.43. The zero-order chi connectivity index (χ0) is 23.8. The average molecular weight is 465 g/mol. The Balaban J connectivity index is 1.40. The van der Waals surface area contributed by atoms with Crippen LogP contribution < -0.4 is 4.74 Å². The molecule has 4 heteroatoms. The second-order valence-corrected chi connectivity index (χ2v) is 9.90. The molecule has 7 rings (SSSR count). The lowest BCUT2D eigenvalue weighted by atomic mass is 9.73. The first-order valence-corrected chi connectivity index (χ1v) is 12.6. The lowest BCUT2D eigenvalue weighted by Gasteiger charge is -2.51. The van der Waals surface area contributed by atoms with E-state index in [2.05, 4.69) is 77.1 Å². The molecule has 178 valence electrons. The first-order valence-electron chi connectivity index (χ1n) is 12.6. The van der Waals surface area contributed by atoms with Gasteiger partial charge in [0.25, 0.3) is 0 Å². The maximum Gasteiger partial charge on any atom is 0.119 e. The van der Waals surface area contributed by atoms with E-state index < -0.39 is 0 Å². The first-order chi connectivity index (χ1) is 17.2. The van der Waals surface area contributed by atoms with Crippen molar-refractivity contribution < 1.29 is 9.47 Å². The fourth-order valence-corrected chi connectivity index (χ4v) is 6.22. The molecule has 4 nitrogen and oxygen atoms in total. The van der Waals surface area contributed by atoms with Gasteiger partial charge in [-0.2, -0.15) is 0 Å². The maximum atomic E-state index is 6.93. The van der Waals surface area contributed by atoms with Crippen LogP contribution in [-0.2, 0) is 11.3 Å². The molecular weight excluding hydrogens is 432 g/mol. The number of fused-ring (bicyclic) bond motifs is 5. The predicted molar refractivity (Wildman–Crippen MR) is 142 cm³/mol. The van der Waals surface area contributed by atoms with E-state index in [-0.39, 0.29) is 6.10 Å². The Morgan fingerprint density at radius 3 is 2.80 bits per heavy atom. The SMILES string of the molecule is C=C[C@H]1CN2CC[C@H]1C[C@@H]2[C@@H](OCc1cccc2ccccc12)c1ccnc2ccc(OC)cc12. The lowest BCUT2D eigenvalue weighted by molar-refractivity contribution is -0.0801. The second kappa shape index (κ2) is 9.44. The van der Waals surface area contributed by atoms with Crippen molar-refractivity contribution >= 4 is 21.7 Å². The van der Waals surface area contributed by atoms with Crippen LogP contribution >= 0.6 is 0 Å². The zero-order valence-corrected chi connectivity index (χ0v) is 20.3. The highest BCUT2D eigenvalue weighted by molar-refractivity contribution is 5.86. The molecule has 1 aromatic heterocycles. The summed E-state index contributed by atoms with van der Waals surface area (Å²) in [6.07, 6.45) is 6.39. The molecule has 3 aliphatic heterocycles. The third kappa shape index (κ3) is 4.11. The molecule has 4 heterocycles. The molecule has 2 bridgehead atoms. The van der Waals surface area contributed by atoms with Gasteiger partial charge in [0.2, 0.25) is 0 Å². The van der Waals surface area contributed by atoms with Crippen molar-refractivity contribution in [1.29, 1.82) is 0 Å². The Morgan fingerprint density at radius 2 is 1.97 bits per heavy atom. The number of aromatic nitrogens is 1. The van der Waals surface area contributed by atoms with E-state index in [1.54, 1.807) is 7.11 Å². The van der Waals surface area contributed by atoms with Crippen molar-refractivity contribution in [2.24, 2.45) is 11.8 Å². The number of hydrogen-bond donors (Lipinski definition) is 0. The smallest absolute Gasteiger partial charge is 0.119 e. The number of nitrogens with zero attached hydrogens (tertiary/aromatic N) is 2. The van der Waals surface area contributed by atoms with Gasteiger partial charge in [-0.1, -0.05) is 48.5 Å². The quantitative estimate of drug-likeness (QED) is 0.291. The summed E-state index contributed by atoms with van der Waals surface area (Å²) in [4.78, 5) is 7.27. The van der Waals surface area contributed by atoms with Gasteiger partial charge in [-0.25, -0.2) is 0 Å². The van der Waals surface area contributed by atoms with Gasteiger partial charge in [0.05, 0.1) is 25.3 Å². The first kappa shape index (κ1) is 22.3. The van der Waals surface area contributed by atoms with Gasteiger partial charge in [0, 0.05) is 24.2 Å². The second-order valence-electron chi connectivity index (χ2n) is 9.90. The summed E-state index contributed by atoms with van der Waals surface area (Å²) < 4.78 is 12.5. The summed E-state index contributed by atoms with van der Waals surface area (Å²) in [7, 11) is 1.72. The molecule has 5 atom stereocenters. The number of piperidine rings is 3. The standard InChI is InChI=1S/C31H32N2O2/c1-3-21-19-33-16-14-23(21)17-30(33)31(27-13-15-32-29-12-11-25(34-2)18-28(27)29)35-20-24-9-6-8-22-7-4-5-10-26(22)24/h3-13,15,18,21,23,30-31H,1,14,16-17,19-20H2,2H3/t21-,23-,30+,31-/m0/s1. The summed E-state index contributed by atoms with van der Waals surface area (Å²) in [5.41, 5.74) is 3.40. The van der Waals surface area contributed by atoms with Crippen LogP contribution in [0.5, 0.6) is 5.75 Å². The largest absolute Gasteiger partial charge is 0.497 e. The number of benzene rings is 3. The minimum atomic E-state index is -0.0554. The molecule has 3 saturated heterocycles. The Hall–Kier alpha value is -3.21. The topological polar surface area (TPSA) is 34.6 Å². The summed E-state index contributed by atoms with van der Waals surface area (Å²) >= 11 is 0. The van der Waals surface area contributed by atoms with Crippen LogP contribution in [0.2, 0.25) is 0 Å². The zero-order valence-electron chi connectivity index (χ0n) is 20.3. The number of ether oxygens (including phenoxy) is 2. The van der Waals surface area contributed by atoms with Crippen molar-refractivity contribution in [3.63, 3.8) is 0 Å². The summed E-state index contributed by atoms with van der Waals surface area (Å²) in [5, 5.41) is 3.61. The van der Waals surface area contributed by atoms with E-state index in [9.17, 15) is 0 Å². The van der Waals surface area contributed by atoms with Crippen molar-refractivity contribution in [2.45, 2.75) is 31.6 Å². The van der Waals surface area contributed by atoms with E-state index in [0.717, 1.165) is 36.2 Å². The van der Waals surface area contributed by atoms with Crippen LogP contribution in [0.1, 0.15) is 30.1 Å². The highest BCUT2D eigenvalue weighted by atomic mass is 16.5. The van der Waals surface area contributed by atoms with Crippen LogP contribution in [0.25, 0.3) is 21.7 Å². The van der Waals surface area contributed by atoms with Crippen LogP contribution in [0.3, 0.4) is 0 Å². The van der Waals surface area contributed by atoms with Gasteiger partial charge in [-0.15, -0.1) is 6.58 Å². The number of pyridine rings is 1. The van der Waals surface area contributed by atoms with E-state index >= 15 is 0 Å². The maximum absolute atomic E-state index is 6.93. The summed E-state index contributed by atoms with van der Waals surface area (Å²) in [6, 6.07) is 23.6. The molecule has 3 aromatic carbocycles. The van der Waals surface area contributed by atoms with Gasteiger partial charge in [0.15, 0.2) is 0 Å². The minimum Gasteiger partial charge on any atom is -0.497 e. The molecular formula is C31H32N2O2. The Bertz CT molecular complexity index is 1360. The van der Waals surface area contributed by atoms with Crippen molar-refractivity contribution in [3.05, 3.63) is 96.7 Å². The van der Waals surface area contributed by atoms with Gasteiger partial charge < -0.3 is 9.47 Å². The van der Waals surface area contributed by atoms with Gasteiger partial charge in [-0.05, 0) is 77.4 Å². The molecule has 0 spiro atoms. The van der Waals surface area contributed by atoms with Gasteiger partial charge >= 0.3 is 0 Å². The number of hydrogen-bond acceptors (Lipinski definition) is 4. The number of methoxy groups -OCH3 is 1. The van der Waals surface area contributed by atoms with Crippen LogP contribution in [-0.4, -0.2) is 36.1 Å². The number of rotatable bonds is 7. The van der Waals surface area contributed by atoms with E-state index in [4.69, 9.17) is 9.47 Å². The lowest BCUT2D eigenvalue weighted by Crippen LogP contribution is -2.55. The molecule has 0 N–H and O–H groups in total. The normalized spacial score (nSPS) is 24.5. The molecule has 0 aliphatic carbocycles. The molecule has 4 aromatic rings. The molecule has 1 unspecified atom stereocenters. The van der Waals surface area contributed by atoms with Gasteiger partial charge in [0.1, 0.15) is 5.75 Å². The fourth-order valence-electron chi connectivity index (χ4n) is 6.22. The predicted octanol–water partition coefficient (Wildman–Crippen LogP) is 6.55. The molecule has 0 radical (unpaired) electrons. The molecule has 0 amide bonds. The van der Waals surface area contributed by atoms with E-state index in [1.165, 1.54) is 28.3 Å². The van der Waals surface area contributed by atoms with Crippen LogP contribution in [0, 0.1) is 11.8 Å². The molecule has 0 saturated carbocycles. The van der Waals surface area contributed by atoms with Crippen molar-refractivity contribution in [1.82, 2.24) is 9.88 Å². The Kier molecular flexibility index (Phi) is 6.01. The highest BCUT2D eigenvalue weighted by Crippen LogP contribution is 2.44. The van der Waals surface area contributed by atoms with E-state index in [1.807, 2.05) is 18.3 Å². The Morgan fingerprint density at radius 1 is 1.09 bits per heavy atom. The Labute approximate surface area is 207 Å². The van der Waals surface area contributed by atoms with Crippen LogP contribution in [0.4, 0.5) is 0 Å². The molecule has 3 aliphatic rings. The van der Waals surface area contributed by atoms with Crippen LogP contribution in [0.15, 0.2) is 85.6 Å². The third-order valence-corrected chi connectivity index (χ3v) is 8.09. The molecule has 35 heavy (non-hydrogen) atoms. The fraction of sp³-hybridized carbons (Fsp3) is 0.323. The van der Waals surface area contributed by atoms with Gasteiger partial charge in [-0.3, -0.25) is 9.88 Å². The third-order valence-electron chi connectivity index (χ3n) is 8.09.